The van der Waals surface area contributed by atoms with Gasteiger partial charge in [-0.05, 0) is 24.6 Å². The maximum absolute atomic E-state index is 13.0. The Morgan fingerprint density at radius 2 is 1.83 bits per heavy atom. The van der Waals surface area contributed by atoms with Gasteiger partial charge in [0.25, 0.3) is 0 Å². The van der Waals surface area contributed by atoms with Gasteiger partial charge in [-0.1, -0.05) is 25.1 Å². The molecule has 3 rings (SSSR count). The Bertz CT molecular complexity index is 594. The van der Waals surface area contributed by atoms with Crippen LogP contribution in [0.15, 0.2) is 24.3 Å². The molecule has 0 aromatic heterocycles. The van der Waals surface area contributed by atoms with Crippen LogP contribution in [0.2, 0.25) is 0 Å². The molecule has 1 unspecified atom stereocenters. The van der Waals surface area contributed by atoms with Gasteiger partial charge in [-0.3, -0.25) is 19.4 Å². The summed E-state index contributed by atoms with van der Waals surface area (Å²) in [6.07, 6.45) is 1.77. The maximum Gasteiger partial charge on any atom is 0.246 e. The molecule has 0 aliphatic carbocycles. The highest BCUT2D eigenvalue weighted by atomic mass is 16.2. The fourth-order valence-corrected chi connectivity index (χ4v) is 3.69. The molecule has 0 radical (unpaired) electrons. The summed E-state index contributed by atoms with van der Waals surface area (Å²) < 4.78 is 0. The molecule has 1 aromatic rings. The SMILES string of the molecule is CCCN1CCN(C(=O)C2Cc3ccccc3N2C(C)=O)CC1. The normalized spacial score (nSPS) is 21.4. The highest BCUT2D eigenvalue weighted by Gasteiger charge is 2.39. The maximum atomic E-state index is 13.0. The van der Waals surface area contributed by atoms with E-state index < -0.39 is 0 Å². The number of fused-ring (bicyclic) bond motifs is 1. The van der Waals surface area contributed by atoms with Crippen LogP contribution in [0.5, 0.6) is 0 Å². The fourth-order valence-electron chi connectivity index (χ4n) is 3.69. The molecular weight excluding hydrogens is 290 g/mol. The molecule has 0 bridgehead atoms. The standard InChI is InChI=1S/C18H25N3O2/c1-3-8-19-9-11-20(12-10-19)18(23)17-13-15-6-4-5-7-16(15)21(17)14(2)22/h4-7,17H,3,8-13H2,1-2H3. The average Bonchev–Trinajstić information content (AvgIpc) is 2.95. The molecule has 23 heavy (non-hydrogen) atoms. The molecule has 1 atom stereocenters. The number of hydrogen-bond acceptors (Lipinski definition) is 3. The molecule has 1 fully saturated rings. The van der Waals surface area contributed by atoms with Crippen LogP contribution in [0.3, 0.4) is 0 Å². The Balaban J connectivity index is 1.72. The fraction of sp³-hybridized carbons (Fsp3) is 0.556. The monoisotopic (exact) mass is 315 g/mol. The van der Waals surface area contributed by atoms with Gasteiger partial charge in [0.1, 0.15) is 6.04 Å². The summed E-state index contributed by atoms with van der Waals surface area (Å²) in [5.74, 6) is 0.0328. The Morgan fingerprint density at radius 1 is 1.13 bits per heavy atom. The minimum absolute atomic E-state index is 0.0575. The molecule has 124 valence electrons. The number of nitrogens with zero attached hydrogens (tertiary/aromatic N) is 3. The highest BCUT2D eigenvalue weighted by Crippen LogP contribution is 2.33. The Kier molecular flexibility index (Phi) is 4.66. The quantitative estimate of drug-likeness (QED) is 0.849. The van der Waals surface area contributed by atoms with Crippen LogP contribution in [0, 0.1) is 0 Å². The first-order valence-electron chi connectivity index (χ1n) is 8.50. The van der Waals surface area contributed by atoms with E-state index in [4.69, 9.17) is 0 Å². The van der Waals surface area contributed by atoms with E-state index in [1.807, 2.05) is 29.2 Å². The van der Waals surface area contributed by atoms with Crippen molar-refractivity contribution < 1.29 is 9.59 Å². The average molecular weight is 315 g/mol. The molecule has 0 N–H and O–H groups in total. The third-order valence-corrected chi connectivity index (χ3v) is 4.82. The van der Waals surface area contributed by atoms with Gasteiger partial charge in [0.05, 0.1) is 0 Å². The first kappa shape index (κ1) is 16.0. The number of piperazine rings is 1. The minimum Gasteiger partial charge on any atom is -0.338 e. The second-order valence-electron chi connectivity index (χ2n) is 6.40. The number of amides is 2. The van der Waals surface area contributed by atoms with Crippen LogP contribution in [0.25, 0.3) is 0 Å². The van der Waals surface area contributed by atoms with Crippen molar-refractivity contribution in [2.75, 3.05) is 37.6 Å². The Hall–Kier alpha value is -1.88. The zero-order chi connectivity index (χ0) is 16.4. The number of rotatable bonds is 3. The molecule has 1 saturated heterocycles. The predicted octanol–water partition coefficient (Wildman–Crippen LogP) is 1.52. The summed E-state index contributed by atoms with van der Waals surface area (Å²) in [5, 5.41) is 0. The summed E-state index contributed by atoms with van der Waals surface area (Å²) in [6, 6.07) is 7.46. The number of hydrogen-bond donors (Lipinski definition) is 0. The van der Waals surface area contributed by atoms with E-state index in [2.05, 4.69) is 11.8 Å². The van der Waals surface area contributed by atoms with E-state index >= 15 is 0 Å². The van der Waals surface area contributed by atoms with Crippen LogP contribution in [-0.2, 0) is 16.0 Å². The number of benzene rings is 1. The van der Waals surface area contributed by atoms with Crippen molar-refractivity contribution in [2.45, 2.75) is 32.7 Å². The van der Waals surface area contributed by atoms with Crippen LogP contribution in [-0.4, -0.2) is 60.4 Å². The Labute approximate surface area is 137 Å². The zero-order valence-electron chi connectivity index (χ0n) is 14.0. The smallest absolute Gasteiger partial charge is 0.246 e. The van der Waals surface area contributed by atoms with E-state index in [0.29, 0.717) is 6.42 Å². The van der Waals surface area contributed by atoms with Gasteiger partial charge in [-0.2, -0.15) is 0 Å². The zero-order valence-corrected chi connectivity index (χ0v) is 14.0. The van der Waals surface area contributed by atoms with Gasteiger partial charge in [0, 0.05) is 45.2 Å². The highest BCUT2D eigenvalue weighted by molar-refractivity contribution is 6.02. The first-order valence-corrected chi connectivity index (χ1v) is 8.50. The minimum atomic E-state index is -0.373. The summed E-state index contributed by atoms with van der Waals surface area (Å²) in [7, 11) is 0. The van der Waals surface area contributed by atoms with Crippen LogP contribution >= 0.6 is 0 Å². The Morgan fingerprint density at radius 3 is 2.48 bits per heavy atom. The molecule has 2 aliphatic heterocycles. The van der Waals surface area contributed by atoms with E-state index in [1.165, 1.54) is 0 Å². The topological polar surface area (TPSA) is 43.9 Å². The van der Waals surface area contributed by atoms with Crippen molar-refractivity contribution in [1.29, 1.82) is 0 Å². The van der Waals surface area contributed by atoms with Crippen molar-refractivity contribution in [3.05, 3.63) is 29.8 Å². The molecule has 2 amide bonds. The van der Waals surface area contributed by atoms with Crippen molar-refractivity contribution in [3.8, 4) is 0 Å². The molecular formula is C18H25N3O2. The van der Waals surface area contributed by atoms with Gasteiger partial charge < -0.3 is 4.90 Å². The number of carbonyl (C=O) groups excluding carboxylic acids is 2. The van der Waals surface area contributed by atoms with Gasteiger partial charge in [0.15, 0.2) is 0 Å². The van der Waals surface area contributed by atoms with Gasteiger partial charge in [-0.25, -0.2) is 0 Å². The summed E-state index contributed by atoms with van der Waals surface area (Å²) >= 11 is 0. The number of para-hydroxylation sites is 1. The van der Waals surface area contributed by atoms with Gasteiger partial charge in [-0.15, -0.1) is 0 Å². The third kappa shape index (κ3) is 3.11. The lowest BCUT2D eigenvalue weighted by Crippen LogP contribution is -2.55. The lowest BCUT2D eigenvalue weighted by Gasteiger charge is -2.37. The van der Waals surface area contributed by atoms with Gasteiger partial charge in [0.2, 0.25) is 11.8 Å². The van der Waals surface area contributed by atoms with Crippen molar-refractivity contribution in [3.63, 3.8) is 0 Å². The van der Waals surface area contributed by atoms with E-state index in [1.54, 1.807) is 11.8 Å². The predicted molar refractivity (Wildman–Crippen MR) is 90.4 cm³/mol. The molecule has 2 heterocycles. The first-order chi connectivity index (χ1) is 11.1. The largest absolute Gasteiger partial charge is 0.338 e. The number of carbonyl (C=O) groups is 2. The van der Waals surface area contributed by atoms with E-state index in [0.717, 1.165) is 50.4 Å². The molecule has 0 spiro atoms. The second kappa shape index (κ2) is 6.71. The third-order valence-electron chi connectivity index (χ3n) is 4.82. The van der Waals surface area contributed by atoms with E-state index in [-0.39, 0.29) is 17.9 Å². The van der Waals surface area contributed by atoms with E-state index in [9.17, 15) is 9.59 Å². The van der Waals surface area contributed by atoms with Crippen LogP contribution in [0.4, 0.5) is 5.69 Å². The van der Waals surface area contributed by atoms with Crippen molar-refractivity contribution >= 4 is 17.5 Å². The van der Waals surface area contributed by atoms with Gasteiger partial charge >= 0.3 is 0 Å². The summed E-state index contributed by atoms with van der Waals surface area (Å²) in [6.45, 7) is 8.20. The molecule has 2 aliphatic rings. The lowest BCUT2D eigenvalue weighted by atomic mass is 10.1. The molecule has 5 heteroatoms. The summed E-state index contributed by atoms with van der Waals surface area (Å²) in [4.78, 5) is 31.1. The van der Waals surface area contributed by atoms with Crippen LogP contribution < -0.4 is 4.90 Å². The van der Waals surface area contributed by atoms with Crippen molar-refractivity contribution in [2.24, 2.45) is 0 Å². The summed E-state index contributed by atoms with van der Waals surface area (Å²) in [5.41, 5.74) is 1.98. The lowest BCUT2D eigenvalue weighted by molar-refractivity contribution is -0.135. The van der Waals surface area contributed by atoms with Crippen molar-refractivity contribution in [1.82, 2.24) is 9.80 Å². The number of anilines is 1. The second-order valence-corrected chi connectivity index (χ2v) is 6.40. The van der Waals surface area contributed by atoms with Crippen LogP contribution in [0.1, 0.15) is 25.8 Å². The molecule has 5 nitrogen and oxygen atoms in total. The molecule has 1 aromatic carbocycles. The molecule has 0 saturated carbocycles.